The number of hydrogen-bond acceptors (Lipinski definition) is 5. The molecule has 0 radical (unpaired) electrons. The number of nitro benzene ring substituents is 1. The zero-order valence-corrected chi connectivity index (χ0v) is 17.7. The summed E-state index contributed by atoms with van der Waals surface area (Å²) < 4.78 is 0. The lowest BCUT2D eigenvalue weighted by atomic mass is 9.95. The molecule has 0 spiro atoms. The number of aryl methyl sites for hydroxylation is 1. The number of aliphatic hydroxyl groups excluding tert-OH is 1. The predicted molar refractivity (Wildman–Crippen MR) is 125 cm³/mol. The molecular weight excluding hydrogens is 420 g/mol. The van der Waals surface area contributed by atoms with Gasteiger partial charge in [0.05, 0.1) is 16.5 Å². The van der Waals surface area contributed by atoms with Crippen LogP contribution in [0.1, 0.15) is 22.7 Å². The van der Waals surface area contributed by atoms with Crippen LogP contribution >= 0.6 is 0 Å². The SMILES string of the molecule is Cc1ccc(N2C(=O)C(O)=C(C(=O)/C=C/c3ccccc3)[C@@H]2c2cccc([N+](=O)[O-])c2)cc1. The number of ketones is 1. The maximum Gasteiger partial charge on any atom is 0.294 e. The number of aliphatic hydroxyl groups is 1. The lowest BCUT2D eigenvalue weighted by molar-refractivity contribution is -0.384. The third kappa shape index (κ3) is 4.29. The third-order valence-electron chi connectivity index (χ3n) is 5.41. The van der Waals surface area contributed by atoms with Gasteiger partial charge in [0.25, 0.3) is 11.6 Å². The van der Waals surface area contributed by atoms with Gasteiger partial charge < -0.3 is 5.11 Å². The van der Waals surface area contributed by atoms with Crippen LogP contribution in [-0.2, 0) is 9.59 Å². The predicted octanol–water partition coefficient (Wildman–Crippen LogP) is 5.09. The first-order valence-electron chi connectivity index (χ1n) is 10.2. The van der Waals surface area contributed by atoms with Crippen LogP contribution in [0, 0.1) is 17.0 Å². The average Bonchev–Trinajstić information content (AvgIpc) is 3.09. The van der Waals surface area contributed by atoms with Gasteiger partial charge in [0.1, 0.15) is 0 Å². The molecular formula is C26H20N2O5. The van der Waals surface area contributed by atoms with Crippen molar-refractivity contribution in [1.29, 1.82) is 0 Å². The second-order valence-corrected chi connectivity index (χ2v) is 7.64. The van der Waals surface area contributed by atoms with Crippen LogP contribution < -0.4 is 4.90 Å². The Balaban J connectivity index is 1.82. The number of nitro groups is 1. The van der Waals surface area contributed by atoms with Crippen molar-refractivity contribution in [2.75, 3.05) is 4.90 Å². The van der Waals surface area contributed by atoms with Crippen LogP contribution in [0.3, 0.4) is 0 Å². The maximum absolute atomic E-state index is 13.2. The molecule has 33 heavy (non-hydrogen) atoms. The first kappa shape index (κ1) is 21.7. The van der Waals surface area contributed by atoms with Gasteiger partial charge in [-0.05, 0) is 36.3 Å². The second kappa shape index (κ2) is 8.92. The van der Waals surface area contributed by atoms with Crippen molar-refractivity contribution in [3.05, 3.63) is 123 Å². The van der Waals surface area contributed by atoms with Gasteiger partial charge >= 0.3 is 0 Å². The van der Waals surface area contributed by atoms with Gasteiger partial charge in [-0.25, -0.2) is 0 Å². The molecule has 1 atom stereocenters. The number of nitrogens with zero attached hydrogens (tertiary/aromatic N) is 2. The zero-order chi connectivity index (χ0) is 23.5. The fourth-order valence-corrected chi connectivity index (χ4v) is 3.78. The van der Waals surface area contributed by atoms with Gasteiger partial charge in [-0.1, -0.05) is 66.2 Å². The molecule has 7 heteroatoms. The number of amides is 1. The molecule has 1 aliphatic rings. The van der Waals surface area contributed by atoms with E-state index in [0.717, 1.165) is 11.1 Å². The Morgan fingerprint density at radius 1 is 1.03 bits per heavy atom. The van der Waals surface area contributed by atoms with Crippen LogP contribution in [-0.4, -0.2) is 21.7 Å². The Kier molecular flexibility index (Phi) is 5.87. The van der Waals surface area contributed by atoms with Gasteiger partial charge in [0.2, 0.25) is 0 Å². The number of anilines is 1. The maximum atomic E-state index is 13.2. The van der Waals surface area contributed by atoms with Crippen LogP contribution in [0.2, 0.25) is 0 Å². The Morgan fingerprint density at radius 3 is 2.39 bits per heavy atom. The normalized spacial score (nSPS) is 16.0. The van der Waals surface area contributed by atoms with Crippen molar-refractivity contribution in [3.8, 4) is 0 Å². The first-order chi connectivity index (χ1) is 15.9. The van der Waals surface area contributed by atoms with Gasteiger partial charge in [-0.2, -0.15) is 0 Å². The monoisotopic (exact) mass is 440 g/mol. The number of carbonyl (C=O) groups is 2. The average molecular weight is 440 g/mol. The van der Waals surface area contributed by atoms with Crippen molar-refractivity contribution < 1.29 is 19.6 Å². The highest BCUT2D eigenvalue weighted by atomic mass is 16.6. The summed E-state index contributed by atoms with van der Waals surface area (Å²) in [6.07, 6.45) is 2.88. The largest absolute Gasteiger partial charge is 0.503 e. The molecule has 0 aromatic heterocycles. The number of hydrogen-bond donors (Lipinski definition) is 1. The fourth-order valence-electron chi connectivity index (χ4n) is 3.78. The summed E-state index contributed by atoms with van der Waals surface area (Å²) in [4.78, 5) is 38.4. The number of non-ortho nitro benzene ring substituents is 1. The van der Waals surface area contributed by atoms with Crippen molar-refractivity contribution in [2.24, 2.45) is 0 Å². The summed E-state index contributed by atoms with van der Waals surface area (Å²) in [5.41, 5.74) is 2.24. The van der Waals surface area contributed by atoms with Crippen molar-refractivity contribution in [2.45, 2.75) is 13.0 Å². The van der Waals surface area contributed by atoms with E-state index in [1.54, 1.807) is 36.4 Å². The van der Waals surface area contributed by atoms with Gasteiger partial charge in [0, 0.05) is 17.8 Å². The van der Waals surface area contributed by atoms with Crippen molar-refractivity contribution >= 4 is 29.1 Å². The van der Waals surface area contributed by atoms with Crippen LogP contribution in [0.25, 0.3) is 6.08 Å². The van der Waals surface area contributed by atoms with E-state index in [1.807, 2.05) is 37.3 Å². The summed E-state index contributed by atoms with van der Waals surface area (Å²) in [6.45, 7) is 1.90. The van der Waals surface area contributed by atoms with E-state index < -0.39 is 28.4 Å². The van der Waals surface area contributed by atoms with E-state index in [4.69, 9.17) is 0 Å². The first-order valence-corrected chi connectivity index (χ1v) is 10.2. The third-order valence-corrected chi connectivity index (χ3v) is 5.41. The van der Waals surface area contributed by atoms with E-state index in [0.29, 0.717) is 11.3 Å². The van der Waals surface area contributed by atoms with E-state index >= 15 is 0 Å². The highest BCUT2D eigenvalue weighted by molar-refractivity contribution is 6.19. The van der Waals surface area contributed by atoms with E-state index in [1.165, 1.54) is 29.2 Å². The highest BCUT2D eigenvalue weighted by Crippen LogP contribution is 2.41. The standard InChI is InChI=1S/C26H20N2O5/c1-17-10-13-20(14-11-17)27-24(19-8-5-9-21(16-19)28(32)33)23(25(30)26(27)31)22(29)15-12-18-6-3-2-4-7-18/h2-16,24,30H,1H3/b15-12+/t24-/m0/s1. The smallest absolute Gasteiger partial charge is 0.294 e. The lowest BCUT2D eigenvalue weighted by Gasteiger charge is -2.26. The highest BCUT2D eigenvalue weighted by Gasteiger charge is 2.44. The van der Waals surface area contributed by atoms with Gasteiger partial charge in [0.15, 0.2) is 11.5 Å². The molecule has 0 unspecified atom stereocenters. The molecule has 7 nitrogen and oxygen atoms in total. The molecule has 164 valence electrons. The minimum Gasteiger partial charge on any atom is -0.503 e. The molecule has 3 aromatic carbocycles. The fraction of sp³-hybridized carbons (Fsp3) is 0.0769. The summed E-state index contributed by atoms with van der Waals surface area (Å²) in [7, 11) is 0. The van der Waals surface area contributed by atoms with Crippen LogP contribution in [0.4, 0.5) is 11.4 Å². The molecule has 1 amide bonds. The van der Waals surface area contributed by atoms with Crippen molar-refractivity contribution in [3.63, 3.8) is 0 Å². The quantitative estimate of drug-likeness (QED) is 0.327. The summed E-state index contributed by atoms with van der Waals surface area (Å²) in [5, 5.41) is 22.1. The molecule has 0 bridgehead atoms. The minimum atomic E-state index is -1.02. The van der Waals surface area contributed by atoms with E-state index in [2.05, 4.69) is 0 Å². The number of rotatable bonds is 6. The van der Waals surface area contributed by atoms with E-state index in [9.17, 15) is 24.8 Å². The molecule has 3 aromatic rings. The van der Waals surface area contributed by atoms with Crippen molar-refractivity contribution in [1.82, 2.24) is 0 Å². The molecule has 0 saturated heterocycles. The van der Waals surface area contributed by atoms with Gasteiger partial charge in [-0.3, -0.25) is 24.6 Å². The molecule has 1 N–H and O–H groups in total. The van der Waals surface area contributed by atoms with Crippen LogP contribution in [0.5, 0.6) is 0 Å². The molecule has 0 aliphatic carbocycles. The topological polar surface area (TPSA) is 101 Å². The summed E-state index contributed by atoms with van der Waals surface area (Å²) in [5.74, 6) is -1.97. The molecule has 1 heterocycles. The number of carbonyl (C=O) groups excluding carboxylic acids is 2. The molecule has 4 rings (SSSR count). The minimum absolute atomic E-state index is 0.131. The summed E-state index contributed by atoms with van der Waals surface area (Å²) >= 11 is 0. The zero-order valence-electron chi connectivity index (χ0n) is 17.7. The number of benzene rings is 3. The Bertz CT molecular complexity index is 1290. The van der Waals surface area contributed by atoms with Crippen LogP contribution in [0.15, 0.2) is 96.3 Å². The molecule has 1 aliphatic heterocycles. The Hall–Kier alpha value is -4.52. The van der Waals surface area contributed by atoms with Gasteiger partial charge in [-0.15, -0.1) is 0 Å². The summed E-state index contributed by atoms with van der Waals surface area (Å²) in [6, 6.07) is 20.9. The molecule has 0 fully saturated rings. The second-order valence-electron chi connectivity index (χ2n) is 7.64. The Labute approximate surface area is 190 Å². The number of allylic oxidation sites excluding steroid dienone is 1. The lowest BCUT2D eigenvalue weighted by Crippen LogP contribution is -2.30. The van der Waals surface area contributed by atoms with E-state index in [-0.39, 0.29) is 11.3 Å². The Morgan fingerprint density at radius 2 is 1.73 bits per heavy atom. The molecule has 0 saturated carbocycles.